The molecule has 1 fully saturated rings. The van der Waals surface area contributed by atoms with Crippen LogP contribution in [0.4, 0.5) is 0 Å². The molecule has 17 heavy (non-hydrogen) atoms. The second kappa shape index (κ2) is 8.03. The molecule has 0 radical (unpaired) electrons. The summed E-state index contributed by atoms with van der Waals surface area (Å²) in [4.78, 5) is 11.0. The largest absolute Gasteiger partial charge is 0.466 e. The predicted octanol–water partition coefficient (Wildman–Crippen LogP) is 2.21. The standard InChI is InChI=1S/C13H20O4/c1-11(13(14)15-2)7-3-5-9-16-12-8-4-6-10-17-12/h3,5,7,12H,4,6,8-10H2,1-2H3/b5-3+,11-7+. The summed E-state index contributed by atoms with van der Waals surface area (Å²) in [6.07, 6.45) is 8.52. The topological polar surface area (TPSA) is 44.8 Å². The highest BCUT2D eigenvalue weighted by Crippen LogP contribution is 2.13. The maximum Gasteiger partial charge on any atom is 0.333 e. The summed E-state index contributed by atoms with van der Waals surface area (Å²) >= 11 is 0. The molecule has 4 nitrogen and oxygen atoms in total. The van der Waals surface area contributed by atoms with Gasteiger partial charge in [-0.2, -0.15) is 0 Å². The fraction of sp³-hybridized carbons (Fsp3) is 0.615. The second-order valence-corrected chi connectivity index (χ2v) is 3.90. The van der Waals surface area contributed by atoms with Gasteiger partial charge in [-0.3, -0.25) is 0 Å². The van der Waals surface area contributed by atoms with Crippen molar-refractivity contribution in [3.8, 4) is 0 Å². The van der Waals surface area contributed by atoms with E-state index in [9.17, 15) is 4.79 Å². The third kappa shape index (κ3) is 5.65. The number of allylic oxidation sites excluding steroid dienone is 2. The Morgan fingerprint density at radius 1 is 1.47 bits per heavy atom. The molecule has 0 aliphatic carbocycles. The van der Waals surface area contributed by atoms with E-state index in [4.69, 9.17) is 9.47 Å². The van der Waals surface area contributed by atoms with E-state index in [1.54, 1.807) is 19.1 Å². The van der Waals surface area contributed by atoms with Crippen LogP contribution in [-0.4, -0.2) is 32.6 Å². The fourth-order valence-corrected chi connectivity index (χ4v) is 1.50. The van der Waals surface area contributed by atoms with E-state index in [0.717, 1.165) is 25.9 Å². The number of carbonyl (C=O) groups excluding carboxylic acids is 1. The first kappa shape index (κ1) is 13.9. The van der Waals surface area contributed by atoms with E-state index in [2.05, 4.69) is 4.74 Å². The molecule has 0 amide bonds. The predicted molar refractivity (Wildman–Crippen MR) is 64.5 cm³/mol. The number of rotatable bonds is 5. The number of ether oxygens (including phenoxy) is 3. The van der Waals surface area contributed by atoms with E-state index >= 15 is 0 Å². The summed E-state index contributed by atoms with van der Waals surface area (Å²) in [6, 6.07) is 0. The van der Waals surface area contributed by atoms with Crippen LogP contribution in [0.15, 0.2) is 23.8 Å². The van der Waals surface area contributed by atoms with E-state index < -0.39 is 0 Å². The maximum atomic E-state index is 11.0. The Morgan fingerprint density at radius 3 is 2.94 bits per heavy atom. The van der Waals surface area contributed by atoms with Crippen molar-refractivity contribution in [1.29, 1.82) is 0 Å². The Balaban J connectivity index is 2.19. The van der Waals surface area contributed by atoms with Gasteiger partial charge in [-0.05, 0) is 26.2 Å². The van der Waals surface area contributed by atoms with E-state index in [1.165, 1.54) is 7.11 Å². The maximum absolute atomic E-state index is 11.0. The van der Waals surface area contributed by atoms with Gasteiger partial charge in [0.05, 0.1) is 13.7 Å². The summed E-state index contributed by atoms with van der Waals surface area (Å²) in [5, 5.41) is 0. The minimum absolute atomic E-state index is 0.0703. The van der Waals surface area contributed by atoms with Gasteiger partial charge in [0.25, 0.3) is 0 Å². The number of hydrogen-bond acceptors (Lipinski definition) is 4. The van der Waals surface area contributed by atoms with E-state index in [0.29, 0.717) is 12.2 Å². The Bertz CT molecular complexity index is 288. The molecule has 0 aromatic rings. The van der Waals surface area contributed by atoms with Crippen molar-refractivity contribution in [3.05, 3.63) is 23.8 Å². The van der Waals surface area contributed by atoms with E-state index in [-0.39, 0.29) is 12.3 Å². The van der Waals surface area contributed by atoms with Gasteiger partial charge in [0.1, 0.15) is 0 Å². The lowest BCUT2D eigenvalue weighted by molar-refractivity contribution is -0.155. The minimum atomic E-state index is -0.314. The zero-order valence-electron chi connectivity index (χ0n) is 10.5. The highest BCUT2D eigenvalue weighted by molar-refractivity contribution is 5.87. The SMILES string of the molecule is COC(=O)/C(C)=C/C=C/COC1CCCCO1. The molecule has 1 atom stereocenters. The summed E-state index contributed by atoms with van der Waals surface area (Å²) in [5.41, 5.74) is 0.567. The molecule has 1 aliphatic rings. The lowest BCUT2D eigenvalue weighted by atomic mass is 10.2. The lowest BCUT2D eigenvalue weighted by Crippen LogP contribution is -2.22. The average Bonchev–Trinajstić information content (AvgIpc) is 2.38. The van der Waals surface area contributed by atoms with Gasteiger partial charge in [0, 0.05) is 12.2 Å². The molecule has 0 aromatic carbocycles. The van der Waals surface area contributed by atoms with Gasteiger partial charge in [0.15, 0.2) is 6.29 Å². The molecule has 1 unspecified atom stereocenters. The Labute approximate surface area is 102 Å². The van der Waals surface area contributed by atoms with Crippen LogP contribution < -0.4 is 0 Å². The lowest BCUT2D eigenvalue weighted by Gasteiger charge is -2.21. The summed E-state index contributed by atoms with van der Waals surface area (Å²) in [5.74, 6) is -0.314. The zero-order valence-corrected chi connectivity index (χ0v) is 10.5. The highest BCUT2D eigenvalue weighted by Gasteiger charge is 2.12. The average molecular weight is 240 g/mol. The van der Waals surface area contributed by atoms with Crippen LogP contribution in [0.3, 0.4) is 0 Å². The summed E-state index contributed by atoms with van der Waals surface area (Å²) in [7, 11) is 1.37. The molecule has 1 rings (SSSR count). The summed E-state index contributed by atoms with van der Waals surface area (Å²) in [6.45, 7) is 2.99. The van der Waals surface area contributed by atoms with Gasteiger partial charge >= 0.3 is 5.97 Å². The molecular formula is C13H20O4. The molecular weight excluding hydrogens is 220 g/mol. The normalized spacial score (nSPS) is 21.8. The fourth-order valence-electron chi connectivity index (χ4n) is 1.50. The van der Waals surface area contributed by atoms with Crippen LogP contribution >= 0.6 is 0 Å². The molecule has 0 aromatic heterocycles. The van der Waals surface area contributed by atoms with Crippen molar-refractivity contribution >= 4 is 5.97 Å². The first-order chi connectivity index (χ1) is 8.24. The molecule has 0 spiro atoms. The Hall–Kier alpha value is -1.13. The van der Waals surface area contributed by atoms with Gasteiger partial charge in [-0.1, -0.05) is 18.2 Å². The third-order valence-corrected chi connectivity index (χ3v) is 2.51. The molecule has 96 valence electrons. The molecule has 4 heteroatoms. The molecule has 1 aliphatic heterocycles. The molecule has 0 bridgehead atoms. The van der Waals surface area contributed by atoms with Crippen molar-refractivity contribution < 1.29 is 19.0 Å². The van der Waals surface area contributed by atoms with Crippen LogP contribution in [0.2, 0.25) is 0 Å². The van der Waals surface area contributed by atoms with Gasteiger partial charge < -0.3 is 14.2 Å². The smallest absolute Gasteiger partial charge is 0.333 e. The van der Waals surface area contributed by atoms with Crippen LogP contribution in [-0.2, 0) is 19.0 Å². The third-order valence-electron chi connectivity index (χ3n) is 2.51. The van der Waals surface area contributed by atoms with Crippen molar-refractivity contribution in [3.63, 3.8) is 0 Å². The first-order valence-corrected chi connectivity index (χ1v) is 5.89. The van der Waals surface area contributed by atoms with Crippen molar-refractivity contribution in [1.82, 2.24) is 0 Å². The number of carbonyl (C=O) groups is 1. The molecule has 0 saturated carbocycles. The van der Waals surface area contributed by atoms with Gasteiger partial charge in [-0.25, -0.2) is 4.79 Å². The van der Waals surface area contributed by atoms with Crippen LogP contribution in [0, 0.1) is 0 Å². The Morgan fingerprint density at radius 2 is 2.29 bits per heavy atom. The highest BCUT2D eigenvalue weighted by atomic mass is 16.7. The van der Waals surface area contributed by atoms with Crippen molar-refractivity contribution in [2.75, 3.05) is 20.3 Å². The minimum Gasteiger partial charge on any atom is -0.466 e. The number of methoxy groups -OCH3 is 1. The van der Waals surface area contributed by atoms with Gasteiger partial charge in [-0.15, -0.1) is 0 Å². The molecule has 1 heterocycles. The van der Waals surface area contributed by atoms with Crippen LogP contribution in [0.5, 0.6) is 0 Å². The van der Waals surface area contributed by atoms with E-state index in [1.807, 2.05) is 6.08 Å². The second-order valence-electron chi connectivity index (χ2n) is 3.90. The van der Waals surface area contributed by atoms with Crippen molar-refractivity contribution in [2.24, 2.45) is 0 Å². The summed E-state index contributed by atoms with van der Waals surface area (Å²) < 4.78 is 15.5. The number of esters is 1. The first-order valence-electron chi connectivity index (χ1n) is 5.89. The monoisotopic (exact) mass is 240 g/mol. The van der Waals surface area contributed by atoms with Crippen LogP contribution in [0.1, 0.15) is 26.2 Å². The number of hydrogen-bond donors (Lipinski definition) is 0. The zero-order chi connectivity index (χ0) is 12.5. The molecule has 1 saturated heterocycles. The van der Waals surface area contributed by atoms with Gasteiger partial charge in [0.2, 0.25) is 0 Å². The quantitative estimate of drug-likeness (QED) is 0.420. The Kier molecular flexibility index (Phi) is 6.58. The van der Waals surface area contributed by atoms with Crippen LogP contribution in [0.25, 0.3) is 0 Å². The molecule has 0 N–H and O–H groups in total. The van der Waals surface area contributed by atoms with Crippen molar-refractivity contribution in [2.45, 2.75) is 32.5 Å².